The minimum atomic E-state index is -0.366. The lowest BCUT2D eigenvalue weighted by atomic mass is 9.92. The van der Waals surface area contributed by atoms with Crippen LogP contribution in [0.1, 0.15) is 53.1 Å². The normalized spacial score (nSPS) is 19.6. The number of aromatic nitrogens is 2. The molecule has 3 heterocycles. The Morgan fingerprint density at radius 1 is 0.947 bits per heavy atom. The molecule has 38 heavy (non-hydrogen) atoms. The van der Waals surface area contributed by atoms with Crippen LogP contribution in [-0.4, -0.2) is 40.6 Å². The van der Waals surface area contributed by atoms with Gasteiger partial charge in [-0.15, -0.1) is 0 Å². The number of fused-ring (bicyclic) bond motifs is 1. The molecule has 2 aliphatic rings. The quantitative estimate of drug-likeness (QED) is 0.308. The Morgan fingerprint density at radius 3 is 2.53 bits per heavy atom. The van der Waals surface area contributed by atoms with Gasteiger partial charge < -0.3 is 5.32 Å². The Labute approximate surface area is 222 Å². The van der Waals surface area contributed by atoms with Crippen LogP contribution in [0.25, 0.3) is 29.1 Å². The third-order valence-electron chi connectivity index (χ3n) is 7.56. The van der Waals surface area contributed by atoms with Crippen molar-refractivity contribution < 1.29 is 9.18 Å². The van der Waals surface area contributed by atoms with Crippen LogP contribution in [0.15, 0.2) is 72.3 Å². The molecule has 0 saturated carbocycles. The van der Waals surface area contributed by atoms with E-state index < -0.39 is 0 Å². The van der Waals surface area contributed by atoms with Crippen LogP contribution in [0.4, 0.5) is 4.39 Å². The summed E-state index contributed by atoms with van der Waals surface area (Å²) in [4.78, 5) is 15.1. The molecule has 3 aromatic carbocycles. The highest BCUT2D eigenvalue weighted by Gasteiger charge is 2.29. The number of amides is 1. The van der Waals surface area contributed by atoms with E-state index in [1.165, 1.54) is 44.0 Å². The first-order valence-electron chi connectivity index (χ1n) is 13.4. The van der Waals surface area contributed by atoms with E-state index in [9.17, 15) is 4.79 Å². The highest BCUT2D eigenvalue weighted by molar-refractivity contribution is 6.02. The summed E-state index contributed by atoms with van der Waals surface area (Å²) in [7, 11) is 0. The molecule has 192 valence electrons. The Kier molecular flexibility index (Phi) is 6.88. The van der Waals surface area contributed by atoms with Crippen molar-refractivity contribution in [2.45, 2.75) is 31.7 Å². The number of nitrogens with one attached hydrogen (secondary N) is 2. The van der Waals surface area contributed by atoms with Crippen LogP contribution in [-0.2, 0) is 11.3 Å². The highest BCUT2D eigenvalue weighted by Crippen LogP contribution is 2.31. The molecule has 2 saturated heterocycles. The van der Waals surface area contributed by atoms with Crippen LogP contribution in [0.2, 0.25) is 0 Å². The highest BCUT2D eigenvalue weighted by atomic mass is 19.1. The molecule has 2 fully saturated rings. The molecule has 0 aliphatic carbocycles. The van der Waals surface area contributed by atoms with E-state index in [-0.39, 0.29) is 17.6 Å². The first kappa shape index (κ1) is 24.3. The van der Waals surface area contributed by atoms with Crippen molar-refractivity contribution in [3.8, 4) is 0 Å². The Bertz CT molecular complexity index is 1500. The zero-order chi connectivity index (χ0) is 25.9. The number of halogens is 1. The van der Waals surface area contributed by atoms with Gasteiger partial charge in [-0.3, -0.25) is 14.8 Å². The molecular formula is C32H31FN4O. The van der Waals surface area contributed by atoms with Gasteiger partial charge in [-0.05, 0) is 72.5 Å². The Balaban J connectivity index is 1.21. The van der Waals surface area contributed by atoms with Gasteiger partial charge in [-0.25, -0.2) is 4.39 Å². The number of piperidine rings is 1. The maximum atomic E-state index is 15.3. The molecule has 2 N–H and O–H groups in total. The molecule has 5 nitrogen and oxygen atoms in total. The number of rotatable bonds is 6. The summed E-state index contributed by atoms with van der Waals surface area (Å²) >= 11 is 0. The Hall–Kier alpha value is -4.03. The molecule has 0 spiro atoms. The van der Waals surface area contributed by atoms with Crippen molar-refractivity contribution in [1.29, 1.82) is 0 Å². The average Bonchev–Trinajstić information content (AvgIpc) is 3.53. The molecule has 6 rings (SSSR count). The fourth-order valence-electron chi connectivity index (χ4n) is 5.53. The first-order chi connectivity index (χ1) is 18.6. The number of hydrogen-bond donors (Lipinski definition) is 2. The fraction of sp³-hybridized carbons (Fsp3) is 0.250. The largest absolute Gasteiger partial charge is 0.351 e. The second-order valence-corrected chi connectivity index (χ2v) is 10.2. The van der Waals surface area contributed by atoms with Crippen LogP contribution >= 0.6 is 0 Å². The van der Waals surface area contributed by atoms with Gasteiger partial charge in [0.05, 0.1) is 16.6 Å². The summed E-state index contributed by atoms with van der Waals surface area (Å²) < 4.78 is 15.3. The van der Waals surface area contributed by atoms with E-state index >= 15 is 4.39 Å². The van der Waals surface area contributed by atoms with E-state index in [0.29, 0.717) is 34.3 Å². The third kappa shape index (κ3) is 5.18. The van der Waals surface area contributed by atoms with Crippen molar-refractivity contribution in [3.05, 3.63) is 106 Å². The molecule has 1 amide bonds. The first-order valence-corrected chi connectivity index (χ1v) is 13.4. The van der Waals surface area contributed by atoms with Gasteiger partial charge in [0.15, 0.2) is 0 Å². The van der Waals surface area contributed by atoms with Gasteiger partial charge in [0.25, 0.3) is 0 Å². The van der Waals surface area contributed by atoms with E-state index in [0.717, 1.165) is 17.7 Å². The molecular weight excluding hydrogens is 475 g/mol. The van der Waals surface area contributed by atoms with Crippen molar-refractivity contribution in [3.63, 3.8) is 0 Å². The van der Waals surface area contributed by atoms with E-state index in [1.54, 1.807) is 6.08 Å². The molecule has 0 radical (unpaired) electrons. The fourth-order valence-corrected chi connectivity index (χ4v) is 5.53. The standard InChI is InChI=1S/C32H31FN4O/c33-28-18-24(17-26-27(20-34-32(26)38)25-7-3-1-4-8-25)19-30-31(28)29(35-36-30)14-13-22-9-11-23(12-10-22)21-37-15-5-2-6-16-37/h1,3-4,7-14,17-19,27H,2,5-6,15-16,20-21H2,(H,34,38)(H,35,36)/b14-13+,26-17+. The van der Waals surface area contributed by atoms with E-state index in [4.69, 9.17) is 0 Å². The van der Waals surface area contributed by atoms with Crippen LogP contribution in [0.5, 0.6) is 0 Å². The monoisotopic (exact) mass is 506 g/mol. The SMILES string of the molecule is O=C1NCC(c2ccccc2)/C1=C\c1cc(F)c2c(/C=C/c3ccc(CN4CCCCC4)cc3)n[nH]c2c1. The number of hydrogen-bond acceptors (Lipinski definition) is 3. The summed E-state index contributed by atoms with van der Waals surface area (Å²) in [5.74, 6) is -0.544. The van der Waals surface area contributed by atoms with Gasteiger partial charge in [0.2, 0.25) is 5.91 Å². The lowest BCUT2D eigenvalue weighted by Gasteiger charge is -2.26. The molecule has 0 bridgehead atoms. The number of aromatic amines is 1. The van der Waals surface area contributed by atoms with E-state index in [2.05, 4.69) is 44.7 Å². The van der Waals surface area contributed by atoms with Crippen molar-refractivity contribution in [2.75, 3.05) is 19.6 Å². The summed E-state index contributed by atoms with van der Waals surface area (Å²) in [6.07, 6.45) is 9.51. The number of H-pyrrole nitrogens is 1. The number of likely N-dealkylation sites (tertiary alicyclic amines) is 1. The topological polar surface area (TPSA) is 61.0 Å². The summed E-state index contributed by atoms with van der Waals surface area (Å²) in [5, 5.41) is 10.7. The van der Waals surface area contributed by atoms with Crippen molar-refractivity contribution in [1.82, 2.24) is 20.4 Å². The van der Waals surface area contributed by atoms with Gasteiger partial charge in [0.1, 0.15) is 5.82 Å². The zero-order valence-electron chi connectivity index (χ0n) is 21.3. The summed E-state index contributed by atoms with van der Waals surface area (Å²) in [6, 6.07) is 21.8. The molecule has 1 unspecified atom stereocenters. The Morgan fingerprint density at radius 2 is 1.74 bits per heavy atom. The van der Waals surface area contributed by atoms with Gasteiger partial charge in [-0.1, -0.05) is 67.1 Å². The van der Waals surface area contributed by atoms with Crippen LogP contribution in [0.3, 0.4) is 0 Å². The number of nitrogens with zero attached hydrogens (tertiary/aromatic N) is 2. The van der Waals surface area contributed by atoms with Gasteiger partial charge in [0, 0.05) is 24.6 Å². The lowest BCUT2D eigenvalue weighted by molar-refractivity contribution is -0.116. The van der Waals surface area contributed by atoms with Crippen LogP contribution < -0.4 is 5.32 Å². The maximum absolute atomic E-state index is 15.3. The molecule has 4 aromatic rings. The average molecular weight is 507 g/mol. The summed E-state index contributed by atoms with van der Waals surface area (Å²) in [5.41, 5.74) is 5.84. The maximum Gasteiger partial charge on any atom is 0.247 e. The minimum absolute atomic E-state index is 0.0611. The van der Waals surface area contributed by atoms with Crippen LogP contribution in [0, 0.1) is 5.82 Å². The van der Waals surface area contributed by atoms with E-state index in [1.807, 2.05) is 48.6 Å². The molecule has 2 aliphatic heterocycles. The number of carbonyl (C=O) groups excluding carboxylic acids is 1. The predicted molar refractivity (Wildman–Crippen MR) is 151 cm³/mol. The third-order valence-corrected chi connectivity index (χ3v) is 7.56. The number of carbonyl (C=O) groups is 1. The number of benzene rings is 3. The predicted octanol–water partition coefficient (Wildman–Crippen LogP) is 6.16. The molecule has 1 aromatic heterocycles. The minimum Gasteiger partial charge on any atom is -0.351 e. The summed E-state index contributed by atoms with van der Waals surface area (Å²) in [6.45, 7) is 3.89. The second-order valence-electron chi connectivity index (χ2n) is 10.2. The molecule has 1 atom stereocenters. The van der Waals surface area contributed by atoms with Crippen molar-refractivity contribution >= 4 is 35.0 Å². The van der Waals surface area contributed by atoms with Crippen molar-refractivity contribution in [2.24, 2.45) is 0 Å². The molecule has 6 heteroatoms. The second kappa shape index (κ2) is 10.8. The lowest BCUT2D eigenvalue weighted by Crippen LogP contribution is -2.28. The zero-order valence-corrected chi connectivity index (χ0v) is 21.3. The smallest absolute Gasteiger partial charge is 0.247 e. The van der Waals surface area contributed by atoms with Gasteiger partial charge >= 0.3 is 0 Å². The van der Waals surface area contributed by atoms with Gasteiger partial charge in [-0.2, -0.15) is 5.10 Å².